The molecule has 0 aliphatic carbocycles. The van der Waals surface area contributed by atoms with E-state index >= 15 is 0 Å². The van der Waals surface area contributed by atoms with Gasteiger partial charge in [-0.1, -0.05) is 49.9 Å². The summed E-state index contributed by atoms with van der Waals surface area (Å²) in [6.07, 6.45) is 7.91. The van der Waals surface area contributed by atoms with Gasteiger partial charge in [-0.2, -0.15) is 0 Å². The zero-order chi connectivity index (χ0) is 12.8. The number of benzene rings is 1. The standard InChI is InChI=1S/C16H19ClO/c1-2-3-4-5-9-16-11-14(12-18-16)13-7-6-8-15(17)10-13/h6-8,10-12H,2-5,9H2,1H3. The van der Waals surface area contributed by atoms with Gasteiger partial charge < -0.3 is 4.42 Å². The third kappa shape index (κ3) is 3.64. The summed E-state index contributed by atoms with van der Waals surface area (Å²) < 4.78 is 5.60. The van der Waals surface area contributed by atoms with Crippen LogP contribution in [0, 0.1) is 0 Å². The number of rotatable bonds is 6. The van der Waals surface area contributed by atoms with Gasteiger partial charge in [-0.25, -0.2) is 0 Å². The summed E-state index contributed by atoms with van der Waals surface area (Å²) in [6, 6.07) is 9.99. The normalized spacial score (nSPS) is 10.8. The first-order valence-corrected chi connectivity index (χ1v) is 7.00. The Morgan fingerprint density at radius 2 is 1.94 bits per heavy atom. The fourth-order valence-electron chi connectivity index (χ4n) is 2.06. The summed E-state index contributed by atoms with van der Waals surface area (Å²) in [6.45, 7) is 2.23. The molecule has 0 unspecified atom stereocenters. The van der Waals surface area contributed by atoms with E-state index in [-0.39, 0.29) is 0 Å². The third-order valence-corrected chi connectivity index (χ3v) is 3.32. The first-order valence-electron chi connectivity index (χ1n) is 6.63. The van der Waals surface area contributed by atoms with E-state index in [2.05, 4.69) is 19.1 Å². The second-order valence-corrected chi connectivity index (χ2v) is 5.06. The summed E-state index contributed by atoms with van der Waals surface area (Å²) in [5.74, 6) is 1.07. The summed E-state index contributed by atoms with van der Waals surface area (Å²) in [4.78, 5) is 0. The van der Waals surface area contributed by atoms with Gasteiger partial charge in [0, 0.05) is 17.0 Å². The molecule has 1 aromatic heterocycles. The highest BCUT2D eigenvalue weighted by Crippen LogP contribution is 2.25. The molecule has 0 radical (unpaired) electrons. The van der Waals surface area contributed by atoms with Crippen LogP contribution < -0.4 is 0 Å². The Kier molecular flexibility index (Phi) is 4.89. The van der Waals surface area contributed by atoms with Gasteiger partial charge in [0.25, 0.3) is 0 Å². The van der Waals surface area contributed by atoms with Crippen LogP contribution in [0.5, 0.6) is 0 Å². The largest absolute Gasteiger partial charge is 0.469 e. The molecule has 96 valence electrons. The van der Waals surface area contributed by atoms with Crippen LogP contribution in [0.15, 0.2) is 41.0 Å². The Hall–Kier alpha value is -1.21. The lowest BCUT2D eigenvalue weighted by atomic mass is 10.1. The molecule has 0 aliphatic rings. The van der Waals surface area contributed by atoms with E-state index in [0.29, 0.717) is 0 Å². The molecule has 2 rings (SSSR count). The van der Waals surface area contributed by atoms with Crippen LogP contribution in [0.3, 0.4) is 0 Å². The summed E-state index contributed by atoms with van der Waals surface area (Å²) in [5.41, 5.74) is 2.23. The van der Waals surface area contributed by atoms with Crippen molar-refractivity contribution in [3.8, 4) is 11.1 Å². The fourth-order valence-corrected chi connectivity index (χ4v) is 2.25. The zero-order valence-corrected chi connectivity index (χ0v) is 11.5. The van der Waals surface area contributed by atoms with Crippen molar-refractivity contribution in [2.24, 2.45) is 0 Å². The summed E-state index contributed by atoms with van der Waals surface area (Å²) in [7, 11) is 0. The van der Waals surface area contributed by atoms with Gasteiger partial charge in [-0.15, -0.1) is 0 Å². The maximum absolute atomic E-state index is 5.99. The molecule has 0 fully saturated rings. The number of aryl methyl sites for hydroxylation is 1. The van der Waals surface area contributed by atoms with Crippen LogP contribution in [0.25, 0.3) is 11.1 Å². The van der Waals surface area contributed by atoms with Crippen molar-refractivity contribution in [2.45, 2.75) is 39.0 Å². The lowest BCUT2D eigenvalue weighted by molar-refractivity contribution is 0.495. The monoisotopic (exact) mass is 262 g/mol. The summed E-state index contributed by atoms with van der Waals surface area (Å²) in [5, 5.41) is 0.762. The fraction of sp³-hybridized carbons (Fsp3) is 0.375. The van der Waals surface area contributed by atoms with E-state index in [1.807, 2.05) is 24.5 Å². The number of hydrogen-bond donors (Lipinski definition) is 0. The molecular formula is C16H19ClO. The minimum absolute atomic E-state index is 0.762. The van der Waals surface area contributed by atoms with Crippen LogP contribution in [0.4, 0.5) is 0 Å². The maximum atomic E-state index is 5.99. The van der Waals surface area contributed by atoms with Crippen molar-refractivity contribution < 1.29 is 4.42 Å². The maximum Gasteiger partial charge on any atom is 0.104 e. The Labute approximate surface area is 114 Å². The molecular weight excluding hydrogens is 244 g/mol. The summed E-state index contributed by atoms with van der Waals surface area (Å²) >= 11 is 5.99. The number of unbranched alkanes of at least 4 members (excludes halogenated alkanes) is 3. The highest BCUT2D eigenvalue weighted by Gasteiger charge is 2.04. The van der Waals surface area contributed by atoms with Crippen molar-refractivity contribution in [2.75, 3.05) is 0 Å². The highest BCUT2D eigenvalue weighted by atomic mass is 35.5. The van der Waals surface area contributed by atoms with E-state index in [1.54, 1.807) is 0 Å². The molecule has 1 heterocycles. The zero-order valence-electron chi connectivity index (χ0n) is 10.8. The van der Waals surface area contributed by atoms with E-state index in [4.69, 9.17) is 16.0 Å². The second-order valence-electron chi connectivity index (χ2n) is 4.62. The molecule has 0 aliphatic heterocycles. The molecule has 0 spiro atoms. The molecule has 0 saturated carbocycles. The lowest BCUT2D eigenvalue weighted by Crippen LogP contribution is -1.82. The smallest absolute Gasteiger partial charge is 0.104 e. The number of furan rings is 1. The molecule has 2 aromatic rings. The van der Waals surface area contributed by atoms with Crippen LogP contribution in [-0.2, 0) is 6.42 Å². The Morgan fingerprint density at radius 3 is 2.72 bits per heavy atom. The number of hydrogen-bond acceptors (Lipinski definition) is 1. The Bertz CT molecular complexity index is 487. The van der Waals surface area contributed by atoms with E-state index in [9.17, 15) is 0 Å². The van der Waals surface area contributed by atoms with Crippen molar-refractivity contribution in [3.63, 3.8) is 0 Å². The average molecular weight is 263 g/mol. The van der Waals surface area contributed by atoms with Crippen LogP contribution in [0.1, 0.15) is 38.4 Å². The Balaban J connectivity index is 1.97. The molecule has 0 bridgehead atoms. The van der Waals surface area contributed by atoms with Gasteiger partial charge in [0.2, 0.25) is 0 Å². The molecule has 0 N–H and O–H groups in total. The van der Waals surface area contributed by atoms with Gasteiger partial charge in [0.1, 0.15) is 5.76 Å². The molecule has 0 amide bonds. The minimum atomic E-state index is 0.762. The molecule has 0 saturated heterocycles. The second kappa shape index (κ2) is 6.65. The predicted molar refractivity (Wildman–Crippen MR) is 77.0 cm³/mol. The van der Waals surface area contributed by atoms with Gasteiger partial charge in [0.05, 0.1) is 6.26 Å². The highest BCUT2D eigenvalue weighted by molar-refractivity contribution is 6.30. The van der Waals surface area contributed by atoms with E-state index < -0.39 is 0 Å². The van der Waals surface area contributed by atoms with Gasteiger partial charge in [-0.3, -0.25) is 0 Å². The quantitative estimate of drug-likeness (QED) is 0.607. The minimum Gasteiger partial charge on any atom is -0.469 e. The van der Waals surface area contributed by atoms with Crippen molar-refractivity contribution in [1.82, 2.24) is 0 Å². The van der Waals surface area contributed by atoms with Gasteiger partial charge in [-0.05, 0) is 30.2 Å². The van der Waals surface area contributed by atoms with Gasteiger partial charge >= 0.3 is 0 Å². The Morgan fingerprint density at radius 1 is 1.06 bits per heavy atom. The SMILES string of the molecule is CCCCCCc1cc(-c2cccc(Cl)c2)co1. The van der Waals surface area contributed by atoms with Crippen LogP contribution in [0.2, 0.25) is 5.02 Å². The predicted octanol–water partition coefficient (Wildman–Crippen LogP) is 5.72. The molecule has 1 aromatic carbocycles. The van der Waals surface area contributed by atoms with Crippen molar-refractivity contribution >= 4 is 11.6 Å². The molecule has 0 atom stereocenters. The van der Waals surface area contributed by atoms with Gasteiger partial charge in [0.15, 0.2) is 0 Å². The lowest BCUT2D eigenvalue weighted by Gasteiger charge is -1.97. The van der Waals surface area contributed by atoms with Crippen LogP contribution in [-0.4, -0.2) is 0 Å². The average Bonchev–Trinajstić information content (AvgIpc) is 2.83. The van der Waals surface area contributed by atoms with Crippen molar-refractivity contribution in [3.05, 3.63) is 47.4 Å². The first kappa shape index (κ1) is 13.2. The first-order chi connectivity index (χ1) is 8.79. The third-order valence-electron chi connectivity index (χ3n) is 3.09. The topological polar surface area (TPSA) is 13.1 Å². The molecule has 2 heteroatoms. The van der Waals surface area contributed by atoms with E-state index in [1.165, 1.54) is 25.7 Å². The number of halogens is 1. The molecule has 1 nitrogen and oxygen atoms in total. The van der Waals surface area contributed by atoms with Crippen LogP contribution >= 0.6 is 11.6 Å². The van der Waals surface area contributed by atoms with E-state index in [0.717, 1.165) is 28.3 Å². The van der Waals surface area contributed by atoms with Crippen molar-refractivity contribution in [1.29, 1.82) is 0 Å². The molecule has 18 heavy (non-hydrogen) atoms.